The van der Waals surface area contributed by atoms with Crippen LogP contribution in [0.2, 0.25) is 10.0 Å². The molecule has 4 amide bonds. The second kappa shape index (κ2) is 6.99. The van der Waals surface area contributed by atoms with Crippen LogP contribution in [0.3, 0.4) is 0 Å². The van der Waals surface area contributed by atoms with Gasteiger partial charge in [0.25, 0.3) is 5.91 Å². The van der Waals surface area contributed by atoms with Crippen LogP contribution in [0.15, 0.2) is 18.2 Å². The summed E-state index contributed by atoms with van der Waals surface area (Å²) in [6.45, 7) is 6.00. The summed E-state index contributed by atoms with van der Waals surface area (Å²) in [6.07, 6.45) is 0. The number of halogens is 2. The van der Waals surface area contributed by atoms with Gasteiger partial charge < -0.3 is 10.2 Å². The first kappa shape index (κ1) is 18.5. The van der Waals surface area contributed by atoms with Crippen LogP contribution < -0.4 is 5.32 Å². The van der Waals surface area contributed by atoms with Gasteiger partial charge in [0, 0.05) is 13.1 Å². The molecule has 1 aromatic carbocycles. The molecule has 0 aliphatic carbocycles. The quantitative estimate of drug-likeness (QED) is 0.808. The van der Waals surface area contributed by atoms with Gasteiger partial charge in [0.2, 0.25) is 5.91 Å². The van der Waals surface area contributed by atoms with Crippen LogP contribution >= 0.6 is 23.2 Å². The van der Waals surface area contributed by atoms with Crippen LogP contribution in [-0.2, 0) is 15.1 Å². The molecule has 8 heteroatoms. The smallest absolute Gasteiger partial charge is 0.325 e. The maximum absolute atomic E-state index is 12.8. The minimum atomic E-state index is -1.28. The molecule has 1 unspecified atom stereocenters. The first-order valence-electron chi connectivity index (χ1n) is 7.62. The van der Waals surface area contributed by atoms with Crippen molar-refractivity contribution in [2.24, 2.45) is 0 Å². The Morgan fingerprint density at radius 2 is 1.83 bits per heavy atom. The first-order valence-corrected chi connectivity index (χ1v) is 8.37. The van der Waals surface area contributed by atoms with Crippen molar-refractivity contribution in [1.29, 1.82) is 0 Å². The lowest BCUT2D eigenvalue weighted by Crippen LogP contribution is -2.44. The molecule has 0 saturated carbocycles. The Hall–Kier alpha value is -1.79. The highest BCUT2D eigenvalue weighted by atomic mass is 35.5. The molecular weight excluding hydrogens is 353 g/mol. The summed E-state index contributed by atoms with van der Waals surface area (Å²) >= 11 is 11.9. The molecular formula is C16H19Cl2N3O3. The molecule has 1 saturated heterocycles. The van der Waals surface area contributed by atoms with E-state index < -0.39 is 17.5 Å². The van der Waals surface area contributed by atoms with Crippen molar-refractivity contribution in [2.45, 2.75) is 26.3 Å². The van der Waals surface area contributed by atoms with E-state index in [0.717, 1.165) is 4.90 Å². The summed E-state index contributed by atoms with van der Waals surface area (Å²) in [6, 6.07) is 4.13. The van der Waals surface area contributed by atoms with Gasteiger partial charge in [-0.05, 0) is 38.5 Å². The molecule has 1 aromatic rings. The van der Waals surface area contributed by atoms with Crippen molar-refractivity contribution in [3.8, 4) is 0 Å². The van der Waals surface area contributed by atoms with Crippen LogP contribution in [0.1, 0.15) is 26.3 Å². The van der Waals surface area contributed by atoms with Gasteiger partial charge in [0.1, 0.15) is 12.1 Å². The molecule has 0 radical (unpaired) electrons. The van der Waals surface area contributed by atoms with Crippen molar-refractivity contribution in [1.82, 2.24) is 15.1 Å². The summed E-state index contributed by atoms with van der Waals surface area (Å²) in [5.41, 5.74) is -0.775. The van der Waals surface area contributed by atoms with Crippen LogP contribution in [0.25, 0.3) is 0 Å². The maximum Gasteiger partial charge on any atom is 0.325 e. The number of hydrogen-bond acceptors (Lipinski definition) is 3. The summed E-state index contributed by atoms with van der Waals surface area (Å²) in [5, 5.41) is 3.28. The second-order valence-corrected chi connectivity index (χ2v) is 6.46. The van der Waals surface area contributed by atoms with E-state index in [-0.39, 0.29) is 17.5 Å². The molecule has 1 aliphatic heterocycles. The zero-order chi connectivity index (χ0) is 18.1. The third kappa shape index (κ3) is 3.21. The van der Waals surface area contributed by atoms with E-state index in [1.165, 1.54) is 6.07 Å². The number of imide groups is 1. The zero-order valence-corrected chi connectivity index (χ0v) is 15.2. The topological polar surface area (TPSA) is 69.7 Å². The Bertz CT molecular complexity index is 691. The SMILES string of the molecule is CCN(CC)C(=O)CN1C(=O)NC(C)(c2ccc(Cl)c(Cl)c2)C1=O. The average Bonchev–Trinajstić information content (AvgIpc) is 2.75. The number of nitrogens with zero attached hydrogens (tertiary/aromatic N) is 2. The van der Waals surface area contributed by atoms with E-state index in [9.17, 15) is 14.4 Å². The third-order valence-electron chi connectivity index (χ3n) is 4.18. The number of carbonyl (C=O) groups excluding carboxylic acids is 3. The normalized spacial score (nSPS) is 20.3. The third-order valence-corrected chi connectivity index (χ3v) is 4.92. The van der Waals surface area contributed by atoms with E-state index >= 15 is 0 Å². The van der Waals surface area contributed by atoms with Gasteiger partial charge in [-0.2, -0.15) is 0 Å². The molecule has 1 N–H and O–H groups in total. The Morgan fingerprint density at radius 1 is 1.21 bits per heavy atom. The molecule has 1 aliphatic rings. The van der Waals surface area contributed by atoms with Crippen molar-refractivity contribution >= 4 is 41.0 Å². The van der Waals surface area contributed by atoms with Gasteiger partial charge in [0.15, 0.2) is 0 Å². The number of amides is 4. The number of hydrogen-bond donors (Lipinski definition) is 1. The van der Waals surface area contributed by atoms with Crippen molar-refractivity contribution in [2.75, 3.05) is 19.6 Å². The number of nitrogens with one attached hydrogen (secondary N) is 1. The second-order valence-electron chi connectivity index (χ2n) is 5.64. The van der Waals surface area contributed by atoms with Crippen molar-refractivity contribution in [3.63, 3.8) is 0 Å². The number of benzene rings is 1. The van der Waals surface area contributed by atoms with Gasteiger partial charge in [-0.15, -0.1) is 0 Å². The average molecular weight is 372 g/mol. The standard InChI is InChI=1S/C16H19Cl2N3O3/c1-4-20(5-2)13(22)9-21-14(23)16(3,19-15(21)24)10-6-7-11(17)12(18)8-10/h6-8H,4-5,9H2,1-3H3,(H,19,24). The fourth-order valence-electron chi connectivity index (χ4n) is 2.65. The Kier molecular flexibility index (Phi) is 5.40. The Balaban J connectivity index is 2.27. The predicted octanol–water partition coefficient (Wildman–Crippen LogP) is 2.63. The number of likely N-dealkylation sites (N-methyl/N-ethyl adjacent to an activating group) is 1. The predicted molar refractivity (Wildman–Crippen MR) is 92.0 cm³/mol. The maximum atomic E-state index is 12.8. The van der Waals surface area contributed by atoms with E-state index in [1.807, 2.05) is 13.8 Å². The minimum Gasteiger partial charge on any atom is -0.342 e. The van der Waals surface area contributed by atoms with Crippen LogP contribution in [0, 0.1) is 0 Å². The summed E-state index contributed by atoms with van der Waals surface area (Å²) in [5.74, 6) is -0.770. The van der Waals surface area contributed by atoms with E-state index in [0.29, 0.717) is 23.7 Å². The molecule has 1 heterocycles. The Labute approximate surface area is 150 Å². The minimum absolute atomic E-state index is 0.276. The molecule has 2 rings (SSSR count). The molecule has 0 bridgehead atoms. The van der Waals surface area contributed by atoms with Crippen LogP contribution in [0.5, 0.6) is 0 Å². The molecule has 6 nitrogen and oxygen atoms in total. The molecule has 1 atom stereocenters. The highest BCUT2D eigenvalue weighted by Gasteiger charge is 2.49. The molecule has 1 fully saturated rings. The van der Waals surface area contributed by atoms with Gasteiger partial charge in [-0.3, -0.25) is 14.5 Å². The summed E-state index contributed by atoms with van der Waals surface area (Å²) < 4.78 is 0. The lowest BCUT2D eigenvalue weighted by atomic mass is 9.92. The largest absolute Gasteiger partial charge is 0.342 e. The van der Waals surface area contributed by atoms with E-state index in [2.05, 4.69) is 5.32 Å². The van der Waals surface area contributed by atoms with E-state index in [4.69, 9.17) is 23.2 Å². The fourth-order valence-corrected chi connectivity index (χ4v) is 2.95. The number of urea groups is 1. The Morgan fingerprint density at radius 3 is 2.38 bits per heavy atom. The van der Waals surface area contributed by atoms with Gasteiger partial charge in [-0.25, -0.2) is 4.79 Å². The van der Waals surface area contributed by atoms with Crippen LogP contribution in [0.4, 0.5) is 4.79 Å². The summed E-state index contributed by atoms with van der Waals surface area (Å²) in [7, 11) is 0. The fraction of sp³-hybridized carbons (Fsp3) is 0.438. The van der Waals surface area contributed by atoms with Crippen LogP contribution in [-0.4, -0.2) is 47.3 Å². The lowest BCUT2D eigenvalue weighted by Gasteiger charge is -2.24. The molecule has 24 heavy (non-hydrogen) atoms. The molecule has 0 aromatic heterocycles. The number of carbonyl (C=O) groups is 3. The first-order chi connectivity index (χ1) is 11.2. The number of rotatable bonds is 5. The van der Waals surface area contributed by atoms with E-state index in [1.54, 1.807) is 24.0 Å². The zero-order valence-electron chi connectivity index (χ0n) is 13.7. The highest BCUT2D eigenvalue weighted by Crippen LogP contribution is 2.32. The summed E-state index contributed by atoms with van der Waals surface area (Å²) in [4.78, 5) is 39.7. The van der Waals surface area contributed by atoms with Crippen molar-refractivity contribution < 1.29 is 14.4 Å². The lowest BCUT2D eigenvalue weighted by molar-refractivity contribution is -0.138. The van der Waals surface area contributed by atoms with Gasteiger partial charge in [-0.1, -0.05) is 29.3 Å². The van der Waals surface area contributed by atoms with Crippen molar-refractivity contribution in [3.05, 3.63) is 33.8 Å². The van der Waals surface area contributed by atoms with Gasteiger partial charge in [0.05, 0.1) is 10.0 Å². The monoisotopic (exact) mass is 371 g/mol. The molecule has 130 valence electrons. The molecule has 0 spiro atoms. The van der Waals surface area contributed by atoms with Gasteiger partial charge >= 0.3 is 6.03 Å². The highest BCUT2D eigenvalue weighted by molar-refractivity contribution is 6.42.